The molecule has 1 aliphatic rings. The lowest BCUT2D eigenvalue weighted by molar-refractivity contribution is -0.0571. The first-order valence-corrected chi connectivity index (χ1v) is 9.15. The Hall–Kier alpha value is -1.59. The average molecular weight is 348 g/mol. The van der Waals surface area contributed by atoms with E-state index in [1.807, 2.05) is 52.8 Å². The van der Waals surface area contributed by atoms with Gasteiger partial charge in [-0.05, 0) is 46.6 Å². The summed E-state index contributed by atoms with van der Waals surface area (Å²) < 4.78 is 11.6. The van der Waals surface area contributed by atoms with Gasteiger partial charge in [0.25, 0.3) is 0 Å². The summed E-state index contributed by atoms with van der Waals surface area (Å²) in [5.74, 6) is 0. The third-order valence-corrected chi connectivity index (χ3v) is 4.07. The molecule has 2 atom stereocenters. The minimum Gasteiger partial charge on any atom is -0.444 e. The molecule has 1 saturated heterocycles. The van der Waals surface area contributed by atoms with Gasteiger partial charge in [-0.3, -0.25) is 0 Å². The Morgan fingerprint density at radius 2 is 1.96 bits per heavy atom. The van der Waals surface area contributed by atoms with Crippen molar-refractivity contribution in [1.82, 2.24) is 10.2 Å². The van der Waals surface area contributed by atoms with Gasteiger partial charge in [0.2, 0.25) is 0 Å². The first-order chi connectivity index (χ1) is 11.7. The summed E-state index contributed by atoms with van der Waals surface area (Å²) in [5.41, 5.74) is 0.772. The predicted molar refractivity (Wildman–Crippen MR) is 99.5 cm³/mol. The number of carbonyl (C=O) groups excluding carboxylic acids is 1. The van der Waals surface area contributed by atoms with E-state index in [-0.39, 0.29) is 24.3 Å². The summed E-state index contributed by atoms with van der Waals surface area (Å²) in [6, 6.07) is 10.6. The number of carbonyl (C=O) groups is 1. The fraction of sp³-hybridized carbons (Fsp3) is 0.650. The van der Waals surface area contributed by atoms with Crippen molar-refractivity contribution < 1.29 is 14.3 Å². The number of benzene rings is 1. The molecule has 1 heterocycles. The van der Waals surface area contributed by atoms with Crippen LogP contribution >= 0.6 is 0 Å². The van der Waals surface area contributed by atoms with Crippen LogP contribution in [0.25, 0.3) is 0 Å². The van der Waals surface area contributed by atoms with Gasteiger partial charge < -0.3 is 19.7 Å². The summed E-state index contributed by atoms with van der Waals surface area (Å²) in [6.07, 6.45) is 0.671. The minimum atomic E-state index is -0.478. The second kappa shape index (κ2) is 8.68. The minimum absolute atomic E-state index is 0.0371. The standard InChI is InChI=1S/C20H32N2O3/c1-15(2)24-18-14-22(19(23)25-20(3,4)5)12-11-17(18)21-13-16-9-7-6-8-10-16/h6-10,15,17-18,21H,11-14H2,1-5H3/t17-,18+/m0/s1. The van der Waals surface area contributed by atoms with Crippen LogP contribution in [0.5, 0.6) is 0 Å². The van der Waals surface area contributed by atoms with Crippen LogP contribution in [-0.4, -0.2) is 47.9 Å². The fourth-order valence-corrected chi connectivity index (χ4v) is 2.97. The smallest absolute Gasteiger partial charge is 0.410 e. The third kappa shape index (κ3) is 6.67. The molecule has 0 aliphatic carbocycles. The van der Waals surface area contributed by atoms with Gasteiger partial charge in [-0.2, -0.15) is 0 Å². The summed E-state index contributed by atoms with van der Waals surface area (Å²) in [7, 11) is 0. The van der Waals surface area contributed by atoms with Crippen molar-refractivity contribution in [2.75, 3.05) is 13.1 Å². The third-order valence-electron chi connectivity index (χ3n) is 4.07. The van der Waals surface area contributed by atoms with Crippen LogP contribution in [0.2, 0.25) is 0 Å². The normalized spacial score (nSPS) is 21.4. The van der Waals surface area contributed by atoms with Crippen molar-refractivity contribution in [1.29, 1.82) is 0 Å². The van der Waals surface area contributed by atoms with Gasteiger partial charge in [0.1, 0.15) is 5.60 Å². The van der Waals surface area contributed by atoms with E-state index in [1.54, 1.807) is 4.90 Å². The van der Waals surface area contributed by atoms with Crippen molar-refractivity contribution in [2.24, 2.45) is 0 Å². The molecular formula is C20H32N2O3. The highest BCUT2D eigenvalue weighted by molar-refractivity contribution is 5.68. The van der Waals surface area contributed by atoms with Crippen molar-refractivity contribution in [3.8, 4) is 0 Å². The van der Waals surface area contributed by atoms with Crippen LogP contribution in [0.4, 0.5) is 4.79 Å². The molecule has 1 fully saturated rings. The number of amides is 1. The SMILES string of the molecule is CC(C)O[C@@H]1CN(C(=O)OC(C)(C)C)CC[C@@H]1NCc1ccccc1. The number of nitrogens with zero attached hydrogens (tertiary/aromatic N) is 1. The Balaban J connectivity index is 1.96. The zero-order valence-electron chi connectivity index (χ0n) is 16.1. The Labute approximate surface area is 151 Å². The lowest BCUT2D eigenvalue weighted by atomic mass is 10.0. The highest BCUT2D eigenvalue weighted by atomic mass is 16.6. The van der Waals surface area contributed by atoms with E-state index < -0.39 is 5.60 Å². The Morgan fingerprint density at radius 3 is 2.56 bits per heavy atom. The molecule has 2 rings (SSSR count). The van der Waals surface area contributed by atoms with Crippen LogP contribution < -0.4 is 5.32 Å². The van der Waals surface area contributed by atoms with Crippen molar-refractivity contribution in [3.05, 3.63) is 35.9 Å². The Morgan fingerprint density at radius 1 is 1.28 bits per heavy atom. The number of hydrogen-bond acceptors (Lipinski definition) is 4. The second-order valence-corrected chi connectivity index (χ2v) is 7.91. The van der Waals surface area contributed by atoms with Gasteiger partial charge in [0.15, 0.2) is 0 Å². The monoisotopic (exact) mass is 348 g/mol. The van der Waals surface area contributed by atoms with Crippen LogP contribution in [0.3, 0.4) is 0 Å². The van der Waals surface area contributed by atoms with Gasteiger partial charge in [0.05, 0.1) is 18.8 Å². The first kappa shape index (κ1) is 19.7. The number of piperidine rings is 1. The van der Waals surface area contributed by atoms with Crippen LogP contribution in [0.1, 0.15) is 46.6 Å². The van der Waals surface area contributed by atoms with E-state index in [9.17, 15) is 4.79 Å². The lowest BCUT2D eigenvalue weighted by Crippen LogP contribution is -2.56. The van der Waals surface area contributed by atoms with Gasteiger partial charge >= 0.3 is 6.09 Å². The van der Waals surface area contributed by atoms with E-state index in [0.29, 0.717) is 13.1 Å². The zero-order chi connectivity index (χ0) is 18.4. The molecule has 1 N–H and O–H groups in total. The molecule has 140 valence electrons. The second-order valence-electron chi connectivity index (χ2n) is 7.91. The Bertz CT molecular complexity index is 540. The molecule has 1 aromatic carbocycles. The molecule has 5 heteroatoms. The van der Waals surface area contributed by atoms with E-state index in [1.165, 1.54) is 5.56 Å². The molecular weight excluding hydrogens is 316 g/mol. The Kier molecular flexibility index (Phi) is 6.85. The molecule has 1 aromatic rings. The van der Waals surface area contributed by atoms with Gasteiger partial charge in [0, 0.05) is 19.1 Å². The molecule has 0 radical (unpaired) electrons. The molecule has 0 bridgehead atoms. The summed E-state index contributed by atoms with van der Waals surface area (Å²) in [6.45, 7) is 11.8. The molecule has 0 spiro atoms. The summed E-state index contributed by atoms with van der Waals surface area (Å²) in [5, 5.41) is 3.60. The van der Waals surface area contributed by atoms with Crippen LogP contribution in [0.15, 0.2) is 30.3 Å². The summed E-state index contributed by atoms with van der Waals surface area (Å²) >= 11 is 0. The quantitative estimate of drug-likeness (QED) is 0.884. The molecule has 1 aliphatic heterocycles. The van der Waals surface area contributed by atoms with E-state index >= 15 is 0 Å². The van der Waals surface area contributed by atoms with Gasteiger partial charge in [-0.25, -0.2) is 4.79 Å². The average Bonchev–Trinajstić information content (AvgIpc) is 2.52. The van der Waals surface area contributed by atoms with Crippen LogP contribution in [0, 0.1) is 0 Å². The zero-order valence-corrected chi connectivity index (χ0v) is 16.1. The maximum absolute atomic E-state index is 12.4. The van der Waals surface area contributed by atoms with E-state index in [4.69, 9.17) is 9.47 Å². The number of ether oxygens (including phenoxy) is 2. The maximum atomic E-state index is 12.4. The number of hydrogen-bond donors (Lipinski definition) is 1. The van der Waals surface area contributed by atoms with E-state index in [2.05, 4.69) is 17.4 Å². The topological polar surface area (TPSA) is 50.8 Å². The molecule has 0 unspecified atom stereocenters. The predicted octanol–water partition coefficient (Wildman–Crippen LogP) is 3.58. The highest BCUT2D eigenvalue weighted by Crippen LogP contribution is 2.19. The number of nitrogens with one attached hydrogen (secondary N) is 1. The van der Waals surface area contributed by atoms with Crippen molar-refractivity contribution >= 4 is 6.09 Å². The molecule has 1 amide bonds. The van der Waals surface area contributed by atoms with Crippen molar-refractivity contribution in [2.45, 2.75) is 71.4 Å². The van der Waals surface area contributed by atoms with Crippen LogP contribution in [-0.2, 0) is 16.0 Å². The van der Waals surface area contributed by atoms with Gasteiger partial charge in [-0.1, -0.05) is 30.3 Å². The fourth-order valence-electron chi connectivity index (χ4n) is 2.97. The molecule has 5 nitrogen and oxygen atoms in total. The van der Waals surface area contributed by atoms with Gasteiger partial charge in [-0.15, -0.1) is 0 Å². The lowest BCUT2D eigenvalue weighted by Gasteiger charge is -2.40. The molecule has 25 heavy (non-hydrogen) atoms. The largest absolute Gasteiger partial charge is 0.444 e. The summed E-state index contributed by atoms with van der Waals surface area (Å²) in [4.78, 5) is 14.1. The number of rotatable bonds is 5. The number of likely N-dealkylation sites (tertiary alicyclic amines) is 1. The maximum Gasteiger partial charge on any atom is 0.410 e. The highest BCUT2D eigenvalue weighted by Gasteiger charge is 2.34. The van der Waals surface area contributed by atoms with Crippen molar-refractivity contribution in [3.63, 3.8) is 0 Å². The first-order valence-electron chi connectivity index (χ1n) is 9.15. The molecule has 0 saturated carbocycles. The van der Waals surface area contributed by atoms with E-state index in [0.717, 1.165) is 13.0 Å². The molecule has 0 aromatic heterocycles.